The van der Waals surface area contributed by atoms with E-state index in [1.54, 1.807) is 39.8 Å². The second-order valence-electron chi connectivity index (χ2n) is 19.4. The lowest BCUT2D eigenvalue weighted by Gasteiger charge is -2.43. The highest BCUT2D eigenvalue weighted by atomic mass is 16.5. The molecule has 1 aromatic carbocycles. The number of likely N-dealkylation sites (N-methyl/N-ethyl adjacent to an activating group) is 1. The largest absolute Gasteiger partial charge is 0.508 e. The molecule has 2 saturated heterocycles. The number of aliphatic hydroxyl groups excluding tert-OH is 1. The molecule has 72 heavy (non-hydrogen) atoms. The number of aliphatic hydroxyl groups is 1. The lowest BCUT2D eigenvalue weighted by molar-refractivity contribution is -0.166. The van der Waals surface area contributed by atoms with Gasteiger partial charge in [-0.1, -0.05) is 72.4 Å². The molecule has 0 unspecified atom stereocenters. The van der Waals surface area contributed by atoms with Gasteiger partial charge in [0.1, 0.15) is 60.4 Å². The number of guanidine groups is 1. The second kappa shape index (κ2) is 29.1. The van der Waals surface area contributed by atoms with Gasteiger partial charge in [0, 0.05) is 32.9 Å². The van der Waals surface area contributed by atoms with Crippen molar-refractivity contribution in [1.29, 1.82) is 0 Å². The summed E-state index contributed by atoms with van der Waals surface area (Å²) in [5.74, 6) is -9.43. The number of carbonyl (C=O) groups excluding carboxylic acids is 8. The van der Waals surface area contributed by atoms with Gasteiger partial charge in [-0.25, -0.2) is 4.79 Å². The highest BCUT2D eigenvalue weighted by Crippen LogP contribution is 2.27. The number of cyclic esters (lactones) is 1. The molecule has 2 fully saturated rings. The monoisotopic (exact) mass is 1010 g/mol. The van der Waals surface area contributed by atoms with E-state index in [0.29, 0.717) is 12.0 Å². The van der Waals surface area contributed by atoms with Crippen LogP contribution in [0.2, 0.25) is 0 Å². The summed E-state index contributed by atoms with van der Waals surface area (Å²) in [5, 5.41) is 44.0. The van der Waals surface area contributed by atoms with Crippen molar-refractivity contribution in [2.24, 2.45) is 28.3 Å². The van der Waals surface area contributed by atoms with Gasteiger partial charge in [-0.05, 0) is 81.4 Å². The summed E-state index contributed by atoms with van der Waals surface area (Å²) in [6.45, 7) is 10.1. The third-order valence-corrected chi connectivity index (χ3v) is 12.7. The number of ether oxygens (including phenoxy) is 1. The van der Waals surface area contributed by atoms with Crippen LogP contribution >= 0.6 is 0 Å². The molecule has 2 bridgehead atoms. The number of aromatic hydroxyl groups is 1. The van der Waals surface area contributed by atoms with Crippen LogP contribution in [-0.2, 0) is 54.3 Å². The van der Waals surface area contributed by atoms with Crippen LogP contribution in [0.1, 0.15) is 131 Å². The van der Waals surface area contributed by atoms with Gasteiger partial charge < -0.3 is 67.9 Å². The predicted octanol–water partition coefficient (Wildman–Crippen LogP) is 0.421. The standard InChI is InChI=1S/C49H78N10O13/c1-8-9-10-11-12-15-37(61)53-33(21-23-39(63)64)43(66)57-41-29(6)72-48(71)40(28(4)5)56-44(67)35(26-30-16-18-31(60)19-17-30)58(7)47(70)36(25-27(2)3)59-38(62)22-20-34(46(59)69)55-42(65)32(54-45(41)68)14-13-24-52-49(50)51/h16-19,27-29,32-36,38,40-41,60,62H,8-15,20-26H2,1-7H3,(H,53,61)(H,54,68)(H,55,65)(H,56,67)(H,57,66)(H,63,64)(H4,50,51,52)/t29-,32+,33+,34+,35+,36+,38-,40+,41+/m1/s1. The average Bonchev–Trinajstić information content (AvgIpc) is 3.30. The Labute approximate surface area is 421 Å². The summed E-state index contributed by atoms with van der Waals surface area (Å²) < 4.78 is 5.87. The van der Waals surface area contributed by atoms with Gasteiger partial charge in [0.05, 0.1) is 0 Å². The SMILES string of the molecule is CCCCCCCC(=O)N[C@@H](CCC(=O)O)C(=O)N[C@@H]1C(=O)N[C@@H](CCCN=C(N)N)C(=O)N[C@H]2CC[C@@H](O)N(C2=O)[C@@H](CC(C)C)C(=O)N(C)[C@@H](Cc2ccc(O)cc2)C(=O)N[C@@H](C(C)C)C(=O)O[C@@H]1C. The topological polar surface area (TPSA) is 355 Å². The van der Waals surface area contributed by atoms with Crippen LogP contribution in [0.3, 0.4) is 0 Å². The van der Waals surface area contributed by atoms with Crippen molar-refractivity contribution in [3.05, 3.63) is 29.8 Å². The van der Waals surface area contributed by atoms with Crippen LogP contribution in [-0.4, -0.2) is 153 Å². The Morgan fingerprint density at radius 1 is 0.861 bits per heavy atom. The maximum absolute atomic E-state index is 14.8. The van der Waals surface area contributed by atoms with Gasteiger partial charge in [0.15, 0.2) is 5.96 Å². The molecule has 9 atom stereocenters. The number of aliphatic carboxylic acids is 1. The zero-order valence-electron chi connectivity index (χ0n) is 42.7. The minimum absolute atomic E-state index is 0.00458. The number of fused-ring (bicyclic) bond motifs is 2. The number of unbranched alkanes of at least 4 members (excludes halogenated alkanes) is 4. The summed E-state index contributed by atoms with van der Waals surface area (Å²) >= 11 is 0. The van der Waals surface area contributed by atoms with Gasteiger partial charge in [-0.15, -0.1) is 0 Å². The fourth-order valence-corrected chi connectivity index (χ4v) is 8.55. The molecule has 3 rings (SSSR count). The van der Waals surface area contributed by atoms with E-state index < -0.39 is 120 Å². The molecule has 2 aliphatic rings. The van der Waals surface area contributed by atoms with Crippen molar-refractivity contribution in [2.75, 3.05) is 13.6 Å². The maximum Gasteiger partial charge on any atom is 0.329 e. The summed E-state index contributed by atoms with van der Waals surface area (Å²) in [6.07, 6.45) is -0.193. The van der Waals surface area contributed by atoms with Crippen molar-refractivity contribution in [3.63, 3.8) is 0 Å². The number of nitrogens with one attached hydrogen (secondary N) is 5. The molecule has 2 aliphatic heterocycles. The van der Waals surface area contributed by atoms with Crippen LogP contribution in [0.15, 0.2) is 29.3 Å². The normalized spacial score (nSPS) is 24.2. The van der Waals surface area contributed by atoms with Crippen molar-refractivity contribution in [2.45, 2.75) is 186 Å². The number of esters is 1. The van der Waals surface area contributed by atoms with E-state index in [0.717, 1.165) is 35.5 Å². The Morgan fingerprint density at radius 3 is 2.14 bits per heavy atom. The molecule has 0 saturated carbocycles. The van der Waals surface area contributed by atoms with E-state index in [9.17, 15) is 58.5 Å². The van der Waals surface area contributed by atoms with Crippen LogP contribution in [0.25, 0.3) is 0 Å². The van der Waals surface area contributed by atoms with E-state index in [2.05, 4.69) is 31.6 Å². The van der Waals surface area contributed by atoms with Crippen molar-refractivity contribution in [1.82, 2.24) is 36.4 Å². The number of phenols is 1. The second-order valence-corrected chi connectivity index (χ2v) is 19.4. The Morgan fingerprint density at radius 2 is 1.53 bits per heavy atom. The first kappa shape index (κ1) is 59.8. The Balaban J connectivity index is 2.21. The first-order chi connectivity index (χ1) is 33.9. The molecule has 0 aliphatic carbocycles. The lowest BCUT2D eigenvalue weighted by Crippen LogP contribution is -2.65. The summed E-state index contributed by atoms with van der Waals surface area (Å²) in [7, 11) is 1.35. The van der Waals surface area contributed by atoms with E-state index in [1.807, 2.05) is 6.92 Å². The molecule has 23 heteroatoms. The fraction of sp³-hybridized carbons (Fsp3) is 0.673. The zero-order valence-corrected chi connectivity index (χ0v) is 42.7. The molecule has 0 spiro atoms. The van der Waals surface area contributed by atoms with Crippen molar-refractivity contribution >= 4 is 59.2 Å². The molecular weight excluding hydrogens is 937 g/mol. The van der Waals surface area contributed by atoms with Crippen molar-refractivity contribution in [3.8, 4) is 5.75 Å². The van der Waals surface area contributed by atoms with Gasteiger partial charge in [0.25, 0.3) is 0 Å². The predicted molar refractivity (Wildman–Crippen MR) is 264 cm³/mol. The Kier molecular flexibility index (Phi) is 24.2. The number of carboxylic acids is 1. The number of nitrogens with zero attached hydrogens (tertiary/aromatic N) is 3. The van der Waals surface area contributed by atoms with Crippen LogP contribution in [0.4, 0.5) is 0 Å². The molecule has 23 nitrogen and oxygen atoms in total. The first-order valence-electron chi connectivity index (χ1n) is 25.0. The maximum atomic E-state index is 14.8. The highest BCUT2D eigenvalue weighted by molar-refractivity contribution is 5.98. The van der Waals surface area contributed by atoms with Crippen molar-refractivity contribution < 1.29 is 63.2 Å². The number of carboxylic acid groups (broad SMARTS) is 1. The van der Waals surface area contributed by atoms with Gasteiger partial charge in [0.2, 0.25) is 41.4 Å². The number of aliphatic imine (C=N–C) groups is 1. The van der Waals surface area contributed by atoms with E-state index in [1.165, 1.54) is 26.1 Å². The molecular formula is C49H78N10O13. The number of amides is 7. The van der Waals surface area contributed by atoms with Crippen LogP contribution in [0.5, 0.6) is 5.75 Å². The smallest absolute Gasteiger partial charge is 0.329 e. The van der Waals surface area contributed by atoms with E-state index >= 15 is 0 Å². The molecule has 2 heterocycles. The molecule has 7 amide bonds. The third kappa shape index (κ3) is 18.6. The molecule has 1 aromatic rings. The van der Waals surface area contributed by atoms with Gasteiger partial charge in [-0.2, -0.15) is 0 Å². The molecule has 402 valence electrons. The number of nitrogens with two attached hydrogens (primary N) is 2. The summed E-state index contributed by atoms with van der Waals surface area (Å²) in [5.41, 5.74) is 11.6. The van der Waals surface area contributed by atoms with E-state index in [4.69, 9.17) is 16.2 Å². The number of hydrogen-bond acceptors (Lipinski definition) is 13. The molecule has 0 aromatic heterocycles. The third-order valence-electron chi connectivity index (χ3n) is 12.7. The number of phenolic OH excluding ortho intramolecular Hbond substituents is 1. The lowest BCUT2D eigenvalue weighted by atomic mass is 9.94. The quantitative estimate of drug-likeness (QED) is 0.0345. The zero-order chi connectivity index (χ0) is 53.8. The van der Waals surface area contributed by atoms with Gasteiger partial charge in [-0.3, -0.25) is 43.3 Å². The Hall–Kier alpha value is -6.52. The molecule has 0 radical (unpaired) electrons. The van der Waals surface area contributed by atoms with Gasteiger partial charge >= 0.3 is 11.9 Å². The van der Waals surface area contributed by atoms with Crippen LogP contribution in [0, 0.1) is 11.8 Å². The number of piperidine rings is 1. The minimum Gasteiger partial charge on any atom is -0.508 e. The molecule has 12 N–H and O–H groups in total. The van der Waals surface area contributed by atoms with E-state index in [-0.39, 0.29) is 75.5 Å². The minimum atomic E-state index is -1.83. The number of hydrogen-bond donors (Lipinski definition) is 10. The highest BCUT2D eigenvalue weighted by Gasteiger charge is 2.46. The average molecular weight is 1020 g/mol. The number of carbonyl (C=O) groups is 9. The summed E-state index contributed by atoms with van der Waals surface area (Å²) in [6, 6.07) is -4.39. The van der Waals surface area contributed by atoms with Crippen LogP contribution < -0.4 is 38.1 Å². The fourth-order valence-electron chi connectivity index (χ4n) is 8.55. The first-order valence-corrected chi connectivity index (χ1v) is 25.0. The number of rotatable bonds is 21. The summed E-state index contributed by atoms with van der Waals surface area (Å²) in [4.78, 5) is 132. The number of benzene rings is 1. The Bertz CT molecular complexity index is 2070.